The SMILES string of the molecule is C/C=C/CNC(=O)N(CCC)Cc1nc2cc(Cl)ccc2c(=O)[nH]1. The summed E-state index contributed by atoms with van der Waals surface area (Å²) in [5, 5.41) is 3.80. The minimum Gasteiger partial charge on any atom is -0.335 e. The topological polar surface area (TPSA) is 78.1 Å². The van der Waals surface area contributed by atoms with Crippen LogP contribution in [-0.4, -0.2) is 34.0 Å². The van der Waals surface area contributed by atoms with E-state index in [1.165, 1.54) is 0 Å². The predicted molar refractivity (Wildman–Crippen MR) is 96.3 cm³/mol. The molecule has 0 radical (unpaired) electrons. The summed E-state index contributed by atoms with van der Waals surface area (Å²) in [5.74, 6) is 0.435. The minimum absolute atomic E-state index is 0.191. The van der Waals surface area contributed by atoms with E-state index in [-0.39, 0.29) is 18.1 Å². The molecule has 1 aromatic carbocycles. The molecule has 0 aliphatic carbocycles. The summed E-state index contributed by atoms with van der Waals surface area (Å²) >= 11 is 5.97. The number of hydrogen-bond donors (Lipinski definition) is 2. The van der Waals surface area contributed by atoms with Crippen molar-refractivity contribution < 1.29 is 4.79 Å². The van der Waals surface area contributed by atoms with Crippen LogP contribution in [0.15, 0.2) is 35.1 Å². The number of urea groups is 1. The molecule has 0 aliphatic rings. The molecule has 0 saturated carbocycles. The second-order valence-corrected chi connectivity index (χ2v) is 5.79. The van der Waals surface area contributed by atoms with Gasteiger partial charge in [0.25, 0.3) is 5.56 Å². The lowest BCUT2D eigenvalue weighted by atomic mass is 10.2. The van der Waals surface area contributed by atoms with Crippen LogP contribution in [0.3, 0.4) is 0 Å². The van der Waals surface area contributed by atoms with Crippen molar-refractivity contribution in [3.63, 3.8) is 0 Å². The Kier molecular flexibility index (Phi) is 6.37. The van der Waals surface area contributed by atoms with Crippen molar-refractivity contribution in [3.05, 3.63) is 51.6 Å². The van der Waals surface area contributed by atoms with Gasteiger partial charge in [0.05, 0.1) is 17.4 Å². The summed E-state index contributed by atoms with van der Waals surface area (Å²) in [6.45, 7) is 5.15. The summed E-state index contributed by atoms with van der Waals surface area (Å²) in [4.78, 5) is 33.2. The smallest absolute Gasteiger partial charge is 0.318 e. The summed E-state index contributed by atoms with van der Waals surface area (Å²) in [6, 6.07) is 4.74. The molecule has 1 aromatic heterocycles. The highest BCUT2D eigenvalue weighted by atomic mass is 35.5. The number of fused-ring (bicyclic) bond motifs is 1. The van der Waals surface area contributed by atoms with Crippen LogP contribution in [0.1, 0.15) is 26.1 Å². The van der Waals surface area contributed by atoms with E-state index in [9.17, 15) is 9.59 Å². The van der Waals surface area contributed by atoms with Crippen molar-refractivity contribution >= 4 is 28.5 Å². The molecule has 2 rings (SSSR count). The number of benzene rings is 1. The average molecular weight is 349 g/mol. The first-order chi connectivity index (χ1) is 11.5. The molecule has 0 atom stereocenters. The molecule has 0 saturated heterocycles. The lowest BCUT2D eigenvalue weighted by Gasteiger charge is -2.21. The van der Waals surface area contributed by atoms with Crippen molar-refractivity contribution in [2.45, 2.75) is 26.8 Å². The molecule has 0 unspecified atom stereocenters. The number of nitrogens with one attached hydrogen (secondary N) is 2. The van der Waals surface area contributed by atoms with Gasteiger partial charge in [-0.3, -0.25) is 4.79 Å². The van der Waals surface area contributed by atoms with Crippen molar-refractivity contribution in [1.29, 1.82) is 0 Å². The third-order valence-corrected chi connectivity index (χ3v) is 3.68. The molecule has 6 nitrogen and oxygen atoms in total. The number of allylic oxidation sites excluding steroid dienone is 1. The summed E-state index contributed by atoms with van der Waals surface area (Å²) in [6.07, 6.45) is 4.54. The zero-order chi connectivity index (χ0) is 17.5. The Labute approximate surface area is 145 Å². The standard InChI is InChI=1S/C17H21ClN4O2/c1-3-5-8-19-17(24)22(9-4-2)11-15-20-14-10-12(18)6-7-13(14)16(23)21-15/h3,5-7,10H,4,8-9,11H2,1-2H3,(H,19,24)(H,20,21,23)/b5-3+. The molecule has 2 N–H and O–H groups in total. The lowest BCUT2D eigenvalue weighted by Crippen LogP contribution is -2.40. The van der Waals surface area contributed by atoms with Crippen LogP contribution in [0.2, 0.25) is 5.02 Å². The van der Waals surface area contributed by atoms with Gasteiger partial charge >= 0.3 is 6.03 Å². The summed E-state index contributed by atoms with van der Waals surface area (Å²) < 4.78 is 0. The van der Waals surface area contributed by atoms with Crippen LogP contribution < -0.4 is 10.9 Å². The number of aromatic amines is 1. The van der Waals surface area contributed by atoms with Crippen LogP contribution in [0, 0.1) is 0 Å². The van der Waals surface area contributed by atoms with Crippen molar-refractivity contribution in [3.8, 4) is 0 Å². The molecule has 0 bridgehead atoms. The maximum Gasteiger partial charge on any atom is 0.318 e. The number of aromatic nitrogens is 2. The van der Waals surface area contributed by atoms with Crippen LogP contribution >= 0.6 is 11.6 Å². The number of rotatable bonds is 6. The lowest BCUT2D eigenvalue weighted by molar-refractivity contribution is 0.195. The highest BCUT2D eigenvalue weighted by Crippen LogP contribution is 2.15. The normalized spacial score (nSPS) is 11.1. The Hall–Kier alpha value is -2.34. The van der Waals surface area contributed by atoms with E-state index >= 15 is 0 Å². The quantitative estimate of drug-likeness (QED) is 0.787. The number of hydrogen-bond acceptors (Lipinski definition) is 3. The van der Waals surface area contributed by atoms with Gasteiger partial charge in [-0.05, 0) is 31.5 Å². The molecule has 0 aliphatic heterocycles. The van der Waals surface area contributed by atoms with E-state index in [2.05, 4.69) is 15.3 Å². The van der Waals surface area contributed by atoms with E-state index in [0.717, 1.165) is 6.42 Å². The van der Waals surface area contributed by atoms with Crippen LogP contribution in [-0.2, 0) is 6.54 Å². The van der Waals surface area contributed by atoms with Gasteiger partial charge < -0.3 is 15.2 Å². The molecule has 24 heavy (non-hydrogen) atoms. The Morgan fingerprint density at radius 1 is 1.46 bits per heavy atom. The molecule has 7 heteroatoms. The summed E-state index contributed by atoms with van der Waals surface area (Å²) in [7, 11) is 0. The first kappa shape index (κ1) is 18.0. The fourth-order valence-corrected chi connectivity index (χ4v) is 2.48. The van der Waals surface area contributed by atoms with Gasteiger partial charge in [0.15, 0.2) is 0 Å². The van der Waals surface area contributed by atoms with Crippen LogP contribution in [0.5, 0.6) is 0 Å². The molecule has 2 amide bonds. The number of H-pyrrole nitrogens is 1. The Bertz CT molecular complexity index is 801. The number of carbonyl (C=O) groups excluding carboxylic acids is 1. The van der Waals surface area contributed by atoms with Gasteiger partial charge in [0.2, 0.25) is 0 Å². The van der Waals surface area contributed by atoms with Gasteiger partial charge in [-0.25, -0.2) is 9.78 Å². The van der Waals surface area contributed by atoms with Gasteiger partial charge in [-0.15, -0.1) is 0 Å². The summed E-state index contributed by atoms with van der Waals surface area (Å²) in [5.41, 5.74) is 0.282. The number of halogens is 1. The van der Waals surface area contributed by atoms with Gasteiger partial charge in [-0.2, -0.15) is 0 Å². The first-order valence-electron chi connectivity index (χ1n) is 7.87. The zero-order valence-corrected chi connectivity index (χ0v) is 14.6. The largest absolute Gasteiger partial charge is 0.335 e. The molecular formula is C17H21ClN4O2. The maximum absolute atomic E-state index is 12.3. The van der Waals surface area contributed by atoms with Gasteiger partial charge in [-0.1, -0.05) is 30.7 Å². The maximum atomic E-state index is 12.3. The molecule has 0 fully saturated rings. The zero-order valence-electron chi connectivity index (χ0n) is 13.8. The van der Waals surface area contributed by atoms with Crippen LogP contribution in [0.4, 0.5) is 4.79 Å². The molecule has 128 valence electrons. The van der Waals surface area contributed by atoms with E-state index in [1.54, 1.807) is 23.1 Å². The predicted octanol–water partition coefficient (Wildman–Crippen LogP) is 3.07. The first-order valence-corrected chi connectivity index (χ1v) is 8.25. The van der Waals surface area contributed by atoms with Crippen LogP contribution in [0.25, 0.3) is 10.9 Å². The Morgan fingerprint density at radius 3 is 2.96 bits per heavy atom. The second kappa shape index (κ2) is 8.49. The van der Waals surface area contributed by atoms with E-state index in [4.69, 9.17) is 11.6 Å². The fourth-order valence-electron chi connectivity index (χ4n) is 2.31. The van der Waals surface area contributed by atoms with Crippen molar-refractivity contribution in [2.75, 3.05) is 13.1 Å². The van der Waals surface area contributed by atoms with Crippen molar-refractivity contribution in [1.82, 2.24) is 20.2 Å². The number of carbonyl (C=O) groups is 1. The Morgan fingerprint density at radius 2 is 2.25 bits per heavy atom. The van der Waals surface area contributed by atoms with Crippen molar-refractivity contribution in [2.24, 2.45) is 0 Å². The number of nitrogens with zero attached hydrogens (tertiary/aromatic N) is 2. The monoisotopic (exact) mass is 348 g/mol. The minimum atomic E-state index is -0.238. The third kappa shape index (κ3) is 4.58. The third-order valence-electron chi connectivity index (χ3n) is 3.45. The van der Waals surface area contributed by atoms with Gasteiger partial charge in [0, 0.05) is 18.1 Å². The second-order valence-electron chi connectivity index (χ2n) is 5.35. The number of amides is 2. The highest BCUT2D eigenvalue weighted by Gasteiger charge is 2.14. The van der Waals surface area contributed by atoms with E-state index in [1.807, 2.05) is 26.0 Å². The highest BCUT2D eigenvalue weighted by molar-refractivity contribution is 6.31. The molecule has 2 aromatic rings. The fraction of sp³-hybridized carbons (Fsp3) is 0.353. The van der Waals surface area contributed by atoms with E-state index < -0.39 is 0 Å². The van der Waals surface area contributed by atoms with E-state index in [0.29, 0.717) is 34.8 Å². The Balaban J connectivity index is 2.23. The molecular weight excluding hydrogens is 328 g/mol. The molecule has 1 heterocycles. The average Bonchev–Trinajstić information content (AvgIpc) is 2.54. The molecule has 0 spiro atoms. The van der Waals surface area contributed by atoms with Gasteiger partial charge in [0.1, 0.15) is 5.82 Å².